The van der Waals surface area contributed by atoms with Crippen LogP contribution in [-0.2, 0) is 19.6 Å². The predicted octanol–water partition coefficient (Wildman–Crippen LogP) is 3.41. The number of rotatable bonds is 6. The second-order valence-electron chi connectivity index (χ2n) is 6.59. The van der Waals surface area contributed by atoms with Crippen molar-refractivity contribution in [1.82, 2.24) is 10.3 Å². The van der Waals surface area contributed by atoms with E-state index < -0.39 is 0 Å². The molecule has 1 aliphatic rings. The van der Waals surface area contributed by atoms with Crippen LogP contribution < -0.4 is 10.1 Å². The summed E-state index contributed by atoms with van der Waals surface area (Å²) in [5.41, 5.74) is 4.45. The number of hydrogen-bond donors (Lipinski definition) is 2. The van der Waals surface area contributed by atoms with Crippen LogP contribution >= 0.6 is 0 Å². The smallest absolute Gasteiger partial charge is 0.130 e. The van der Waals surface area contributed by atoms with Crippen LogP contribution in [0.3, 0.4) is 0 Å². The van der Waals surface area contributed by atoms with E-state index in [-0.39, 0.29) is 12.1 Å². The molecule has 1 aromatic heterocycles. The Hall–Kier alpha value is -2.69. The SMILES string of the molecule is O[C@@H]1Cc2ccccc2[C@@H]1NCc1cccc(OCc2ccccn2)c1. The number of nitrogens with one attached hydrogen (secondary N) is 1. The molecule has 0 amide bonds. The van der Waals surface area contributed by atoms with Crippen molar-refractivity contribution in [3.05, 3.63) is 95.3 Å². The largest absolute Gasteiger partial charge is 0.487 e. The van der Waals surface area contributed by atoms with Crippen LogP contribution in [0, 0.1) is 0 Å². The summed E-state index contributed by atoms with van der Waals surface area (Å²) >= 11 is 0. The molecule has 0 unspecified atom stereocenters. The van der Waals surface area contributed by atoms with Crippen LogP contribution in [0.15, 0.2) is 72.9 Å². The molecule has 3 aromatic rings. The van der Waals surface area contributed by atoms with Gasteiger partial charge < -0.3 is 15.2 Å². The monoisotopic (exact) mass is 346 g/mol. The highest BCUT2D eigenvalue weighted by Gasteiger charge is 2.29. The molecule has 0 saturated carbocycles. The minimum Gasteiger partial charge on any atom is -0.487 e. The Morgan fingerprint density at radius 1 is 1.04 bits per heavy atom. The summed E-state index contributed by atoms with van der Waals surface area (Å²) in [6, 6.07) is 22.0. The molecule has 1 aliphatic carbocycles. The topological polar surface area (TPSA) is 54.4 Å². The molecule has 0 spiro atoms. The van der Waals surface area contributed by atoms with E-state index in [1.807, 2.05) is 48.5 Å². The number of nitrogens with zero attached hydrogens (tertiary/aromatic N) is 1. The summed E-state index contributed by atoms with van der Waals surface area (Å²) < 4.78 is 5.84. The molecule has 132 valence electrons. The van der Waals surface area contributed by atoms with E-state index in [9.17, 15) is 5.11 Å². The highest BCUT2D eigenvalue weighted by Crippen LogP contribution is 2.31. The average Bonchev–Trinajstić information content (AvgIpc) is 3.01. The zero-order valence-electron chi connectivity index (χ0n) is 14.5. The lowest BCUT2D eigenvalue weighted by Gasteiger charge is -2.18. The Kier molecular flexibility index (Phi) is 4.95. The van der Waals surface area contributed by atoms with E-state index in [4.69, 9.17) is 4.74 Å². The van der Waals surface area contributed by atoms with Gasteiger partial charge in [-0.3, -0.25) is 4.98 Å². The maximum atomic E-state index is 10.4. The number of pyridine rings is 1. The van der Waals surface area contributed by atoms with Gasteiger partial charge in [0.05, 0.1) is 17.8 Å². The minimum atomic E-state index is -0.379. The van der Waals surface area contributed by atoms with Gasteiger partial charge in [-0.25, -0.2) is 0 Å². The predicted molar refractivity (Wildman–Crippen MR) is 101 cm³/mol. The van der Waals surface area contributed by atoms with Crippen molar-refractivity contribution in [2.45, 2.75) is 31.7 Å². The normalized spacial score (nSPS) is 18.5. The van der Waals surface area contributed by atoms with Gasteiger partial charge in [-0.2, -0.15) is 0 Å². The van der Waals surface area contributed by atoms with Crippen molar-refractivity contribution in [2.75, 3.05) is 0 Å². The summed E-state index contributed by atoms with van der Waals surface area (Å²) in [7, 11) is 0. The van der Waals surface area contributed by atoms with Crippen molar-refractivity contribution in [1.29, 1.82) is 0 Å². The molecule has 4 heteroatoms. The lowest BCUT2D eigenvalue weighted by Crippen LogP contribution is -2.28. The summed E-state index contributed by atoms with van der Waals surface area (Å²) in [6.45, 7) is 1.13. The zero-order valence-corrected chi connectivity index (χ0v) is 14.5. The first-order valence-electron chi connectivity index (χ1n) is 8.90. The first kappa shape index (κ1) is 16.8. The van der Waals surface area contributed by atoms with Crippen molar-refractivity contribution >= 4 is 0 Å². The number of fused-ring (bicyclic) bond motifs is 1. The van der Waals surface area contributed by atoms with E-state index in [0.717, 1.165) is 17.0 Å². The summed E-state index contributed by atoms with van der Waals surface area (Å²) in [5.74, 6) is 0.822. The lowest BCUT2D eigenvalue weighted by atomic mass is 10.1. The fourth-order valence-corrected chi connectivity index (χ4v) is 3.43. The third kappa shape index (κ3) is 3.77. The van der Waals surface area contributed by atoms with Crippen LogP contribution in [0.5, 0.6) is 5.75 Å². The van der Waals surface area contributed by atoms with Crippen molar-refractivity contribution < 1.29 is 9.84 Å². The molecule has 26 heavy (non-hydrogen) atoms. The summed E-state index contributed by atoms with van der Waals surface area (Å²) in [4.78, 5) is 4.27. The second kappa shape index (κ2) is 7.68. The van der Waals surface area contributed by atoms with Gasteiger partial charge in [0.25, 0.3) is 0 Å². The molecule has 0 saturated heterocycles. The molecule has 4 nitrogen and oxygen atoms in total. The van der Waals surface area contributed by atoms with Gasteiger partial charge in [0, 0.05) is 19.2 Å². The molecule has 1 heterocycles. The fourth-order valence-electron chi connectivity index (χ4n) is 3.43. The lowest BCUT2D eigenvalue weighted by molar-refractivity contribution is 0.140. The Morgan fingerprint density at radius 2 is 1.92 bits per heavy atom. The van der Waals surface area contributed by atoms with E-state index in [2.05, 4.69) is 28.5 Å². The quantitative estimate of drug-likeness (QED) is 0.718. The molecule has 2 N–H and O–H groups in total. The van der Waals surface area contributed by atoms with Crippen LogP contribution in [-0.4, -0.2) is 16.2 Å². The number of hydrogen-bond acceptors (Lipinski definition) is 4. The highest BCUT2D eigenvalue weighted by atomic mass is 16.5. The number of benzene rings is 2. The van der Waals surface area contributed by atoms with Gasteiger partial charge in [-0.05, 0) is 41.0 Å². The van der Waals surface area contributed by atoms with Crippen molar-refractivity contribution in [2.24, 2.45) is 0 Å². The van der Waals surface area contributed by atoms with Gasteiger partial charge in [0.1, 0.15) is 12.4 Å². The van der Waals surface area contributed by atoms with E-state index >= 15 is 0 Å². The third-order valence-corrected chi connectivity index (χ3v) is 4.74. The fraction of sp³-hybridized carbons (Fsp3) is 0.227. The minimum absolute atomic E-state index is 0.0238. The summed E-state index contributed by atoms with van der Waals surface area (Å²) in [6.07, 6.45) is 2.10. The molecule has 0 fully saturated rings. The molecule has 2 aromatic carbocycles. The van der Waals surface area contributed by atoms with E-state index in [1.54, 1.807) is 6.20 Å². The van der Waals surface area contributed by atoms with Gasteiger partial charge in [0.15, 0.2) is 0 Å². The molecule has 0 bridgehead atoms. The van der Waals surface area contributed by atoms with Crippen LogP contribution in [0.1, 0.15) is 28.4 Å². The van der Waals surface area contributed by atoms with E-state index in [0.29, 0.717) is 19.6 Å². The van der Waals surface area contributed by atoms with Crippen molar-refractivity contribution in [3.8, 4) is 5.75 Å². The van der Waals surface area contributed by atoms with Gasteiger partial charge in [-0.1, -0.05) is 42.5 Å². The molecule has 0 aliphatic heterocycles. The second-order valence-corrected chi connectivity index (χ2v) is 6.59. The molecular weight excluding hydrogens is 324 g/mol. The Morgan fingerprint density at radius 3 is 2.81 bits per heavy atom. The van der Waals surface area contributed by atoms with Gasteiger partial charge in [-0.15, -0.1) is 0 Å². The number of aliphatic hydroxyl groups is 1. The third-order valence-electron chi connectivity index (χ3n) is 4.74. The maximum absolute atomic E-state index is 10.4. The van der Waals surface area contributed by atoms with Gasteiger partial charge in [0.2, 0.25) is 0 Å². The molecule has 2 atom stereocenters. The Labute approximate surface area is 153 Å². The Bertz CT molecular complexity index is 867. The first-order chi connectivity index (χ1) is 12.8. The van der Waals surface area contributed by atoms with E-state index in [1.165, 1.54) is 11.1 Å². The number of ether oxygens (including phenoxy) is 1. The van der Waals surface area contributed by atoms with Crippen molar-refractivity contribution in [3.63, 3.8) is 0 Å². The zero-order chi connectivity index (χ0) is 17.8. The van der Waals surface area contributed by atoms with Crippen LogP contribution in [0.2, 0.25) is 0 Å². The Balaban J connectivity index is 1.38. The average molecular weight is 346 g/mol. The van der Waals surface area contributed by atoms with Crippen LogP contribution in [0.25, 0.3) is 0 Å². The number of aliphatic hydroxyl groups excluding tert-OH is 1. The summed E-state index contributed by atoms with van der Waals surface area (Å²) in [5, 5.41) is 13.8. The number of aromatic nitrogens is 1. The van der Waals surface area contributed by atoms with Crippen LogP contribution in [0.4, 0.5) is 0 Å². The standard InChI is InChI=1S/C22H22N2O2/c25-21-13-17-7-1-2-10-20(17)22(21)24-14-16-6-5-9-19(12-16)26-15-18-8-3-4-11-23-18/h1-12,21-22,24-25H,13-15H2/t21-,22+/m1/s1. The molecular formula is C22H22N2O2. The molecule has 4 rings (SSSR count). The first-order valence-corrected chi connectivity index (χ1v) is 8.90. The molecule has 0 radical (unpaired) electrons. The van der Waals surface area contributed by atoms with Gasteiger partial charge >= 0.3 is 0 Å². The highest BCUT2D eigenvalue weighted by molar-refractivity contribution is 5.36. The maximum Gasteiger partial charge on any atom is 0.130 e.